The number of halogens is 1. The standard InChI is InChI=1S/C11H11Br/c1-2-8-6-7-9-4-3-5-10(9)11(8)12/h3,5-7H,2,4H2,1H3. The third-order valence-electron chi connectivity index (χ3n) is 2.35. The van der Waals surface area contributed by atoms with E-state index in [1.807, 2.05) is 0 Å². The number of fused-ring (bicyclic) bond motifs is 1. The first kappa shape index (κ1) is 8.06. The van der Waals surface area contributed by atoms with Crippen molar-refractivity contribution in [3.05, 3.63) is 39.4 Å². The Morgan fingerprint density at radius 3 is 3.00 bits per heavy atom. The van der Waals surface area contributed by atoms with E-state index < -0.39 is 0 Å². The zero-order valence-electron chi connectivity index (χ0n) is 7.10. The Morgan fingerprint density at radius 1 is 1.42 bits per heavy atom. The second kappa shape index (κ2) is 3.06. The van der Waals surface area contributed by atoms with Crippen LogP contribution in [-0.4, -0.2) is 0 Å². The normalized spacial score (nSPS) is 13.5. The maximum atomic E-state index is 3.64. The van der Waals surface area contributed by atoms with Crippen molar-refractivity contribution in [3.8, 4) is 0 Å². The molecule has 1 aromatic rings. The molecule has 0 spiro atoms. The molecule has 0 atom stereocenters. The summed E-state index contributed by atoms with van der Waals surface area (Å²) < 4.78 is 1.29. The molecular weight excluding hydrogens is 212 g/mol. The summed E-state index contributed by atoms with van der Waals surface area (Å²) in [4.78, 5) is 0. The van der Waals surface area contributed by atoms with Crippen molar-refractivity contribution < 1.29 is 0 Å². The molecule has 0 amide bonds. The molecule has 62 valence electrons. The molecule has 0 heterocycles. The fourth-order valence-corrected chi connectivity index (χ4v) is 2.41. The Morgan fingerprint density at radius 2 is 2.25 bits per heavy atom. The van der Waals surface area contributed by atoms with Crippen LogP contribution in [0.5, 0.6) is 0 Å². The average Bonchev–Trinajstić information content (AvgIpc) is 2.53. The lowest BCUT2D eigenvalue weighted by atomic mass is 10.0. The van der Waals surface area contributed by atoms with Crippen LogP contribution in [0.4, 0.5) is 0 Å². The van der Waals surface area contributed by atoms with Crippen molar-refractivity contribution in [1.82, 2.24) is 0 Å². The van der Waals surface area contributed by atoms with Gasteiger partial charge in [-0.3, -0.25) is 0 Å². The fourth-order valence-electron chi connectivity index (χ4n) is 1.61. The summed E-state index contributed by atoms with van der Waals surface area (Å²) >= 11 is 3.64. The lowest BCUT2D eigenvalue weighted by Gasteiger charge is -2.06. The molecule has 0 aromatic heterocycles. The number of hydrogen-bond donors (Lipinski definition) is 0. The highest BCUT2D eigenvalue weighted by molar-refractivity contribution is 9.10. The number of allylic oxidation sites excluding steroid dienone is 1. The van der Waals surface area contributed by atoms with E-state index in [1.165, 1.54) is 21.2 Å². The monoisotopic (exact) mass is 222 g/mol. The lowest BCUT2D eigenvalue weighted by molar-refractivity contribution is 1.12. The van der Waals surface area contributed by atoms with Crippen molar-refractivity contribution >= 4 is 22.0 Å². The Kier molecular flexibility index (Phi) is 2.05. The molecular formula is C11H11Br. The van der Waals surface area contributed by atoms with E-state index in [0.717, 1.165) is 12.8 Å². The summed E-state index contributed by atoms with van der Waals surface area (Å²) in [5.74, 6) is 0. The molecule has 0 radical (unpaired) electrons. The Bertz CT molecular complexity index is 337. The summed E-state index contributed by atoms with van der Waals surface area (Å²) in [5.41, 5.74) is 4.23. The van der Waals surface area contributed by atoms with Gasteiger partial charge >= 0.3 is 0 Å². The van der Waals surface area contributed by atoms with Gasteiger partial charge in [0.05, 0.1) is 0 Å². The maximum absolute atomic E-state index is 3.64. The molecule has 1 aliphatic rings. The van der Waals surface area contributed by atoms with Gasteiger partial charge in [0.2, 0.25) is 0 Å². The maximum Gasteiger partial charge on any atom is 0.0282 e. The van der Waals surface area contributed by atoms with Gasteiger partial charge in [0.1, 0.15) is 0 Å². The molecule has 0 fully saturated rings. The Balaban J connectivity index is 2.60. The van der Waals surface area contributed by atoms with Crippen LogP contribution in [0.3, 0.4) is 0 Å². The topological polar surface area (TPSA) is 0 Å². The highest BCUT2D eigenvalue weighted by Gasteiger charge is 2.10. The van der Waals surface area contributed by atoms with Crippen LogP contribution in [0.1, 0.15) is 23.6 Å². The van der Waals surface area contributed by atoms with Crippen molar-refractivity contribution in [3.63, 3.8) is 0 Å². The fraction of sp³-hybridized carbons (Fsp3) is 0.273. The highest BCUT2D eigenvalue weighted by Crippen LogP contribution is 2.30. The molecule has 0 unspecified atom stereocenters. The van der Waals surface area contributed by atoms with E-state index in [9.17, 15) is 0 Å². The van der Waals surface area contributed by atoms with E-state index in [2.05, 4.69) is 47.1 Å². The van der Waals surface area contributed by atoms with Crippen molar-refractivity contribution in [2.45, 2.75) is 19.8 Å². The van der Waals surface area contributed by atoms with Crippen molar-refractivity contribution in [1.29, 1.82) is 0 Å². The number of aryl methyl sites for hydroxylation is 1. The first-order valence-corrected chi connectivity index (χ1v) is 5.09. The van der Waals surface area contributed by atoms with Gasteiger partial charge in [-0.25, -0.2) is 0 Å². The third kappa shape index (κ3) is 1.13. The average molecular weight is 223 g/mol. The van der Waals surface area contributed by atoms with Crippen LogP contribution < -0.4 is 0 Å². The molecule has 0 saturated heterocycles. The first-order valence-electron chi connectivity index (χ1n) is 4.29. The van der Waals surface area contributed by atoms with E-state index in [4.69, 9.17) is 0 Å². The quantitative estimate of drug-likeness (QED) is 0.682. The summed E-state index contributed by atoms with van der Waals surface area (Å²) in [6.45, 7) is 2.19. The van der Waals surface area contributed by atoms with Crippen LogP contribution in [0.25, 0.3) is 6.08 Å². The van der Waals surface area contributed by atoms with Crippen LogP contribution in [-0.2, 0) is 12.8 Å². The molecule has 0 bridgehead atoms. The van der Waals surface area contributed by atoms with Crippen LogP contribution in [0.2, 0.25) is 0 Å². The number of rotatable bonds is 1. The van der Waals surface area contributed by atoms with Gasteiger partial charge in [-0.1, -0.05) is 31.2 Å². The molecule has 12 heavy (non-hydrogen) atoms. The van der Waals surface area contributed by atoms with E-state index >= 15 is 0 Å². The molecule has 0 saturated carbocycles. The largest absolute Gasteiger partial charge is 0.0795 e. The minimum absolute atomic E-state index is 1.10. The summed E-state index contributed by atoms with van der Waals surface area (Å²) in [6.07, 6.45) is 6.62. The molecule has 2 rings (SSSR count). The zero-order chi connectivity index (χ0) is 8.55. The minimum atomic E-state index is 1.10. The van der Waals surface area contributed by atoms with E-state index in [1.54, 1.807) is 0 Å². The van der Waals surface area contributed by atoms with E-state index in [-0.39, 0.29) is 0 Å². The second-order valence-electron chi connectivity index (χ2n) is 3.07. The molecule has 1 heteroatoms. The van der Waals surface area contributed by atoms with Crippen molar-refractivity contribution in [2.75, 3.05) is 0 Å². The van der Waals surface area contributed by atoms with Crippen LogP contribution in [0, 0.1) is 0 Å². The number of hydrogen-bond acceptors (Lipinski definition) is 0. The molecule has 0 aliphatic heterocycles. The molecule has 1 aliphatic carbocycles. The molecule has 1 aromatic carbocycles. The zero-order valence-corrected chi connectivity index (χ0v) is 8.69. The van der Waals surface area contributed by atoms with Gasteiger partial charge in [0, 0.05) is 4.47 Å². The van der Waals surface area contributed by atoms with Crippen LogP contribution in [0.15, 0.2) is 22.7 Å². The second-order valence-corrected chi connectivity index (χ2v) is 3.86. The Hall–Kier alpha value is -0.560. The Labute approximate surface area is 81.4 Å². The first-order chi connectivity index (χ1) is 5.83. The summed E-state index contributed by atoms with van der Waals surface area (Å²) in [7, 11) is 0. The predicted octanol–water partition coefficient (Wildman–Crippen LogP) is 3.58. The van der Waals surface area contributed by atoms with E-state index in [0.29, 0.717) is 0 Å². The van der Waals surface area contributed by atoms with Gasteiger partial charge in [-0.15, -0.1) is 0 Å². The minimum Gasteiger partial charge on any atom is -0.0795 e. The van der Waals surface area contributed by atoms with Gasteiger partial charge in [-0.05, 0) is 45.5 Å². The molecule has 0 N–H and O–H groups in total. The third-order valence-corrected chi connectivity index (χ3v) is 3.29. The highest BCUT2D eigenvalue weighted by atomic mass is 79.9. The van der Waals surface area contributed by atoms with Gasteiger partial charge < -0.3 is 0 Å². The number of benzene rings is 1. The molecule has 0 nitrogen and oxygen atoms in total. The van der Waals surface area contributed by atoms with Crippen LogP contribution >= 0.6 is 15.9 Å². The van der Waals surface area contributed by atoms with Gasteiger partial charge in [0.15, 0.2) is 0 Å². The smallest absolute Gasteiger partial charge is 0.0282 e. The summed E-state index contributed by atoms with van der Waals surface area (Å²) in [5, 5.41) is 0. The predicted molar refractivity (Wildman–Crippen MR) is 56.3 cm³/mol. The lowest BCUT2D eigenvalue weighted by Crippen LogP contribution is -1.88. The van der Waals surface area contributed by atoms with Gasteiger partial charge in [-0.2, -0.15) is 0 Å². The summed E-state index contributed by atoms with van der Waals surface area (Å²) in [6, 6.07) is 4.45. The SMILES string of the molecule is CCc1ccc2c(c1Br)C=CC2. The van der Waals surface area contributed by atoms with Gasteiger partial charge in [0.25, 0.3) is 0 Å². The van der Waals surface area contributed by atoms with Crippen molar-refractivity contribution in [2.24, 2.45) is 0 Å².